The van der Waals surface area contributed by atoms with Gasteiger partial charge in [0.25, 0.3) is 0 Å². The molecule has 0 atom stereocenters. The van der Waals surface area contributed by atoms with Crippen molar-refractivity contribution in [2.24, 2.45) is 0 Å². The maximum absolute atomic E-state index is 8.97. The Bertz CT molecular complexity index is 286. The molecule has 0 saturated carbocycles. The Morgan fingerprint density at radius 1 is 1.38 bits per heavy atom. The van der Waals surface area contributed by atoms with E-state index < -0.39 is 0 Å². The van der Waals surface area contributed by atoms with Crippen LogP contribution in [0.25, 0.3) is 0 Å². The number of anilines is 1. The maximum atomic E-state index is 8.97. The third-order valence-corrected chi connectivity index (χ3v) is 2.95. The number of rotatable bonds is 8. The lowest BCUT2D eigenvalue weighted by atomic mass is 10.3. The third-order valence-electron chi connectivity index (χ3n) is 2.22. The molecule has 0 aromatic carbocycles. The van der Waals surface area contributed by atoms with Gasteiger partial charge in [-0.05, 0) is 19.9 Å². The highest BCUT2D eigenvalue weighted by atomic mass is 32.1. The summed E-state index contributed by atoms with van der Waals surface area (Å²) in [5.41, 5.74) is 0.980. The standard InChI is InChI=1S/C10H20N4OS/c1-3-5-14(6-7-15)8-9-10(11-4-2)16-13-12-9/h11,15H,3-8H2,1-2H3. The third kappa shape index (κ3) is 4.03. The van der Waals surface area contributed by atoms with E-state index in [1.165, 1.54) is 11.5 Å². The molecule has 5 nitrogen and oxygen atoms in total. The number of aliphatic hydroxyl groups is 1. The predicted molar refractivity (Wildman–Crippen MR) is 66.7 cm³/mol. The summed E-state index contributed by atoms with van der Waals surface area (Å²) in [5, 5.41) is 17.4. The van der Waals surface area contributed by atoms with Crippen LogP contribution in [0.2, 0.25) is 0 Å². The van der Waals surface area contributed by atoms with E-state index in [2.05, 4.69) is 33.7 Å². The van der Waals surface area contributed by atoms with Crippen molar-refractivity contribution in [3.8, 4) is 0 Å². The van der Waals surface area contributed by atoms with Gasteiger partial charge in [0.1, 0.15) is 10.7 Å². The molecule has 0 unspecified atom stereocenters. The largest absolute Gasteiger partial charge is 0.395 e. The Kier molecular flexibility index (Phi) is 6.29. The van der Waals surface area contributed by atoms with Crippen LogP contribution >= 0.6 is 11.5 Å². The lowest BCUT2D eigenvalue weighted by Gasteiger charge is -2.19. The fourth-order valence-electron chi connectivity index (χ4n) is 1.55. The molecule has 0 amide bonds. The highest BCUT2D eigenvalue weighted by molar-refractivity contribution is 7.10. The van der Waals surface area contributed by atoms with Gasteiger partial charge in [0.05, 0.1) is 6.61 Å². The van der Waals surface area contributed by atoms with Crippen molar-refractivity contribution >= 4 is 16.5 Å². The number of nitrogens with one attached hydrogen (secondary N) is 1. The molecule has 0 fully saturated rings. The average molecular weight is 244 g/mol. The van der Waals surface area contributed by atoms with Gasteiger partial charge in [-0.15, -0.1) is 5.10 Å². The second-order valence-corrected chi connectivity index (χ2v) is 4.33. The van der Waals surface area contributed by atoms with Crippen LogP contribution in [0.3, 0.4) is 0 Å². The summed E-state index contributed by atoms with van der Waals surface area (Å²) in [6.45, 7) is 7.68. The highest BCUT2D eigenvalue weighted by Crippen LogP contribution is 2.18. The number of hydrogen-bond acceptors (Lipinski definition) is 6. The van der Waals surface area contributed by atoms with Crippen LogP contribution in [0.5, 0.6) is 0 Å². The summed E-state index contributed by atoms with van der Waals surface area (Å²) in [7, 11) is 0. The molecule has 1 aromatic rings. The quantitative estimate of drug-likeness (QED) is 0.719. The summed E-state index contributed by atoms with van der Waals surface area (Å²) in [5.74, 6) is 0. The number of hydrogen-bond donors (Lipinski definition) is 2. The molecule has 0 spiro atoms. The SMILES string of the molecule is CCCN(CCO)Cc1nnsc1NCC. The first-order valence-corrected chi connectivity index (χ1v) is 6.47. The van der Waals surface area contributed by atoms with E-state index in [0.717, 1.165) is 36.8 Å². The zero-order valence-corrected chi connectivity index (χ0v) is 10.8. The molecule has 6 heteroatoms. The van der Waals surface area contributed by atoms with Gasteiger partial charge < -0.3 is 10.4 Å². The molecule has 2 N–H and O–H groups in total. The number of nitrogens with zero attached hydrogens (tertiary/aromatic N) is 3. The van der Waals surface area contributed by atoms with Gasteiger partial charge in [-0.25, -0.2) is 0 Å². The summed E-state index contributed by atoms with van der Waals surface area (Å²) >= 11 is 1.39. The van der Waals surface area contributed by atoms with E-state index in [1.807, 2.05) is 0 Å². The summed E-state index contributed by atoms with van der Waals surface area (Å²) in [6, 6.07) is 0. The maximum Gasteiger partial charge on any atom is 0.134 e. The van der Waals surface area contributed by atoms with Gasteiger partial charge in [0, 0.05) is 31.2 Å². The van der Waals surface area contributed by atoms with Crippen molar-refractivity contribution in [1.82, 2.24) is 14.5 Å². The van der Waals surface area contributed by atoms with Gasteiger partial charge in [-0.1, -0.05) is 11.4 Å². The first kappa shape index (κ1) is 13.3. The highest BCUT2D eigenvalue weighted by Gasteiger charge is 2.11. The van der Waals surface area contributed by atoms with Crippen LogP contribution in [-0.2, 0) is 6.54 Å². The fraction of sp³-hybridized carbons (Fsp3) is 0.800. The van der Waals surface area contributed by atoms with Gasteiger partial charge in [-0.2, -0.15) is 0 Å². The molecule has 1 rings (SSSR count). The summed E-state index contributed by atoms with van der Waals surface area (Å²) < 4.78 is 3.95. The number of aliphatic hydroxyl groups excluding tert-OH is 1. The molecule has 0 bridgehead atoms. The van der Waals surface area contributed by atoms with E-state index in [4.69, 9.17) is 5.11 Å². The van der Waals surface area contributed by atoms with E-state index in [1.54, 1.807) is 0 Å². The van der Waals surface area contributed by atoms with Crippen molar-refractivity contribution in [2.45, 2.75) is 26.8 Å². The van der Waals surface area contributed by atoms with E-state index >= 15 is 0 Å². The van der Waals surface area contributed by atoms with Crippen LogP contribution in [0.4, 0.5) is 5.00 Å². The van der Waals surface area contributed by atoms with Crippen LogP contribution in [0.15, 0.2) is 0 Å². The van der Waals surface area contributed by atoms with Crippen molar-refractivity contribution in [1.29, 1.82) is 0 Å². The summed E-state index contributed by atoms with van der Waals surface area (Å²) in [6.07, 6.45) is 1.08. The smallest absolute Gasteiger partial charge is 0.134 e. The molecule has 1 aromatic heterocycles. The van der Waals surface area contributed by atoms with Crippen molar-refractivity contribution < 1.29 is 5.11 Å². The molecule has 1 heterocycles. The van der Waals surface area contributed by atoms with Crippen LogP contribution in [0.1, 0.15) is 26.0 Å². The van der Waals surface area contributed by atoms with Gasteiger partial charge in [0.2, 0.25) is 0 Å². The first-order valence-electron chi connectivity index (χ1n) is 5.70. The minimum absolute atomic E-state index is 0.189. The molecular weight excluding hydrogens is 224 g/mol. The van der Waals surface area contributed by atoms with Crippen LogP contribution in [0, 0.1) is 0 Å². The molecule has 16 heavy (non-hydrogen) atoms. The van der Waals surface area contributed by atoms with E-state index in [0.29, 0.717) is 6.54 Å². The molecule has 0 aliphatic carbocycles. The Morgan fingerprint density at radius 2 is 2.19 bits per heavy atom. The second-order valence-electron chi connectivity index (χ2n) is 3.58. The van der Waals surface area contributed by atoms with Gasteiger partial charge in [-0.3, -0.25) is 4.90 Å². The topological polar surface area (TPSA) is 61.3 Å². The Morgan fingerprint density at radius 3 is 2.81 bits per heavy atom. The molecule has 92 valence electrons. The van der Waals surface area contributed by atoms with Crippen molar-refractivity contribution in [3.05, 3.63) is 5.69 Å². The van der Waals surface area contributed by atoms with E-state index in [9.17, 15) is 0 Å². The Balaban J connectivity index is 2.57. The Hall–Kier alpha value is -0.720. The van der Waals surface area contributed by atoms with Crippen molar-refractivity contribution in [2.75, 3.05) is 31.6 Å². The fourth-order valence-corrected chi connectivity index (χ4v) is 2.19. The normalized spacial score (nSPS) is 11.0. The predicted octanol–water partition coefficient (Wildman–Crippen LogP) is 1.17. The van der Waals surface area contributed by atoms with Gasteiger partial charge >= 0.3 is 0 Å². The van der Waals surface area contributed by atoms with Crippen LogP contribution in [-0.4, -0.2) is 45.8 Å². The molecule has 0 saturated heterocycles. The zero-order valence-electron chi connectivity index (χ0n) is 9.94. The Labute approximate surface area is 101 Å². The lowest BCUT2D eigenvalue weighted by molar-refractivity contribution is 0.189. The number of aromatic nitrogens is 2. The van der Waals surface area contributed by atoms with Gasteiger partial charge in [0.15, 0.2) is 0 Å². The minimum Gasteiger partial charge on any atom is -0.395 e. The average Bonchev–Trinajstić information content (AvgIpc) is 2.67. The lowest BCUT2D eigenvalue weighted by Crippen LogP contribution is -2.27. The van der Waals surface area contributed by atoms with Crippen LogP contribution < -0.4 is 5.32 Å². The monoisotopic (exact) mass is 244 g/mol. The molecule has 0 radical (unpaired) electrons. The zero-order chi connectivity index (χ0) is 11.8. The molecule has 0 aliphatic rings. The molecule has 0 aliphatic heterocycles. The second kappa shape index (κ2) is 7.54. The minimum atomic E-state index is 0.189. The summed E-state index contributed by atoms with van der Waals surface area (Å²) in [4.78, 5) is 2.19. The molecular formula is C10H20N4OS. The first-order chi connectivity index (χ1) is 7.81. The van der Waals surface area contributed by atoms with Crippen molar-refractivity contribution in [3.63, 3.8) is 0 Å². The van der Waals surface area contributed by atoms with E-state index in [-0.39, 0.29) is 6.61 Å².